The van der Waals surface area contributed by atoms with Crippen LogP contribution in [0.25, 0.3) is 0 Å². The fourth-order valence-electron chi connectivity index (χ4n) is 2.06. The number of aliphatic carboxylic acids is 1. The first kappa shape index (κ1) is 17.9. The Morgan fingerprint density at radius 1 is 1.27 bits per heavy atom. The third-order valence-corrected chi connectivity index (χ3v) is 2.95. The molecule has 22 heavy (non-hydrogen) atoms. The molecule has 0 fully saturated rings. The molecule has 0 spiro atoms. The summed E-state index contributed by atoms with van der Waals surface area (Å²) < 4.78 is 5.36. The zero-order valence-corrected chi connectivity index (χ0v) is 13.7. The summed E-state index contributed by atoms with van der Waals surface area (Å²) in [5.74, 6) is -1.29. The second-order valence-corrected chi connectivity index (χ2v) is 6.49. The molecule has 0 saturated carbocycles. The number of aromatic nitrogens is 1. The van der Waals surface area contributed by atoms with Crippen molar-refractivity contribution in [2.75, 3.05) is 0 Å². The van der Waals surface area contributed by atoms with Gasteiger partial charge in [-0.2, -0.15) is 0 Å². The highest BCUT2D eigenvalue weighted by Crippen LogP contribution is 2.19. The molecule has 0 saturated heterocycles. The van der Waals surface area contributed by atoms with Gasteiger partial charge in [0.15, 0.2) is 0 Å². The van der Waals surface area contributed by atoms with E-state index in [-0.39, 0.29) is 12.5 Å². The molecular weight excluding hydrogens is 284 g/mol. The van der Waals surface area contributed by atoms with E-state index >= 15 is 0 Å². The minimum Gasteiger partial charge on any atom is -0.480 e. The lowest BCUT2D eigenvalue weighted by atomic mass is 10.0. The van der Waals surface area contributed by atoms with Crippen LogP contribution in [0, 0.1) is 5.92 Å². The summed E-state index contributed by atoms with van der Waals surface area (Å²) in [6.45, 7) is 8.94. The molecule has 1 heterocycles. The lowest BCUT2D eigenvalue weighted by Gasteiger charge is -2.33. The summed E-state index contributed by atoms with van der Waals surface area (Å²) in [5, 5.41) is 9.48. The van der Waals surface area contributed by atoms with E-state index in [4.69, 9.17) is 4.74 Å². The molecule has 0 aliphatic rings. The van der Waals surface area contributed by atoms with Crippen LogP contribution in [0.2, 0.25) is 0 Å². The van der Waals surface area contributed by atoms with Crippen molar-refractivity contribution in [2.24, 2.45) is 5.92 Å². The maximum atomic E-state index is 12.4. The number of pyridine rings is 1. The van der Waals surface area contributed by atoms with Crippen molar-refractivity contribution in [3.8, 4) is 0 Å². The van der Waals surface area contributed by atoms with E-state index in [1.54, 1.807) is 59.1 Å². The van der Waals surface area contributed by atoms with Crippen LogP contribution in [0.4, 0.5) is 4.79 Å². The molecule has 0 aliphatic heterocycles. The normalized spacial score (nSPS) is 12.8. The van der Waals surface area contributed by atoms with E-state index < -0.39 is 23.7 Å². The first-order valence-corrected chi connectivity index (χ1v) is 7.23. The van der Waals surface area contributed by atoms with Crippen molar-refractivity contribution in [3.63, 3.8) is 0 Å². The number of nitrogens with zero attached hydrogens (tertiary/aromatic N) is 2. The molecule has 1 amide bonds. The molecule has 0 aromatic carbocycles. The third kappa shape index (κ3) is 5.35. The predicted octanol–water partition coefficient (Wildman–Crippen LogP) is 2.93. The Balaban J connectivity index is 3.08. The predicted molar refractivity (Wildman–Crippen MR) is 82.3 cm³/mol. The summed E-state index contributed by atoms with van der Waals surface area (Å²) in [6, 6.07) is 2.54. The molecule has 6 nitrogen and oxygen atoms in total. The summed E-state index contributed by atoms with van der Waals surface area (Å²) in [4.78, 5) is 29.2. The largest absolute Gasteiger partial charge is 0.480 e. The van der Waals surface area contributed by atoms with Gasteiger partial charge in [0.05, 0.1) is 6.54 Å². The zero-order valence-electron chi connectivity index (χ0n) is 13.7. The van der Waals surface area contributed by atoms with Crippen molar-refractivity contribution in [3.05, 3.63) is 30.1 Å². The van der Waals surface area contributed by atoms with E-state index in [0.29, 0.717) is 0 Å². The third-order valence-electron chi connectivity index (χ3n) is 2.95. The highest BCUT2D eigenvalue weighted by atomic mass is 16.6. The van der Waals surface area contributed by atoms with Crippen LogP contribution in [0.3, 0.4) is 0 Å². The molecule has 0 radical (unpaired) electrons. The Morgan fingerprint density at radius 3 is 2.23 bits per heavy atom. The van der Waals surface area contributed by atoms with Crippen molar-refractivity contribution in [1.29, 1.82) is 0 Å². The molecule has 122 valence electrons. The first-order chi connectivity index (χ1) is 10.1. The zero-order chi connectivity index (χ0) is 16.9. The SMILES string of the molecule is CC(C)C(C(=O)O)N(Cc1ccncc1)C(=O)OC(C)(C)C. The van der Waals surface area contributed by atoms with Gasteiger partial charge in [-0.15, -0.1) is 0 Å². The van der Waals surface area contributed by atoms with Crippen LogP contribution in [-0.2, 0) is 16.1 Å². The van der Waals surface area contributed by atoms with E-state index in [1.807, 2.05) is 0 Å². The first-order valence-electron chi connectivity index (χ1n) is 7.23. The highest BCUT2D eigenvalue weighted by molar-refractivity contribution is 5.80. The fourth-order valence-corrected chi connectivity index (χ4v) is 2.06. The van der Waals surface area contributed by atoms with Crippen LogP contribution in [0.1, 0.15) is 40.2 Å². The Bertz CT molecular complexity index is 509. The minimum absolute atomic E-state index is 0.159. The van der Waals surface area contributed by atoms with Crippen LogP contribution in [0.5, 0.6) is 0 Å². The number of hydrogen-bond acceptors (Lipinski definition) is 4. The summed E-state index contributed by atoms with van der Waals surface area (Å²) >= 11 is 0. The van der Waals surface area contributed by atoms with Crippen LogP contribution < -0.4 is 0 Å². The minimum atomic E-state index is -1.05. The second kappa shape index (κ2) is 7.24. The Labute approximate surface area is 131 Å². The highest BCUT2D eigenvalue weighted by Gasteiger charge is 2.35. The molecular formula is C16H24N2O4. The molecule has 0 bridgehead atoms. The Morgan fingerprint density at radius 2 is 1.82 bits per heavy atom. The van der Waals surface area contributed by atoms with E-state index in [9.17, 15) is 14.7 Å². The van der Waals surface area contributed by atoms with Gasteiger partial charge in [0.2, 0.25) is 0 Å². The molecule has 1 unspecified atom stereocenters. The molecule has 1 N–H and O–H groups in total. The van der Waals surface area contributed by atoms with Crippen molar-refractivity contribution < 1.29 is 19.4 Å². The van der Waals surface area contributed by atoms with Crippen molar-refractivity contribution in [2.45, 2.75) is 52.8 Å². The smallest absolute Gasteiger partial charge is 0.411 e. The van der Waals surface area contributed by atoms with Gasteiger partial charge >= 0.3 is 12.1 Å². The molecule has 1 aromatic heterocycles. The van der Waals surface area contributed by atoms with Gasteiger partial charge in [-0.05, 0) is 44.4 Å². The maximum Gasteiger partial charge on any atom is 0.411 e. The molecule has 1 rings (SSSR count). The number of carbonyl (C=O) groups excluding carboxylic acids is 1. The summed E-state index contributed by atoms with van der Waals surface area (Å²) in [7, 11) is 0. The van der Waals surface area contributed by atoms with E-state index in [0.717, 1.165) is 5.56 Å². The van der Waals surface area contributed by atoms with Gasteiger partial charge in [0.25, 0.3) is 0 Å². The summed E-state index contributed by atoms with van der Waals surface area (Å²) in [6.07, 6.45) is 2.58. The lowest BCUT2D eigenvalue weighted by Crippen LogP contribution is -2.49. The summed E-state index contributed by atoms with van der Waals surface area (Å²) in [5.41, 5.74) is 0.112. The number of carboxylic acids is 1. The van der Waals surface area contributed by atoms with Gasteiger partial charge in [0, 0.05) is 12.4 Å². The van der Waals surface area contributed by atoms with Gasteiger partial charge in [-0.1, -0.05) is 13.8 Å². The molecule has 1 atom stereocenters. The van der Waals surface area contributed by atoms with Crippen LogP contribution in [0.15, 0.2) is 24.5 Å². The average Bonchev–Trinajstić information content (AvgIpc) is 2.36. The lowest BCUT2D eigenvalue weighted by molar-refractivity contribution is -0.145. The van der Waals surface area contributed by atoms with Crippen LogP contribution >= 0.6 is 0 Å². The van der Waals surface area contributed by atoms with Crippen molar-refractivity contribution >= 4 is 12.1 Å². The average molecular weight is 308 g/mol. The van der Waals surface area contributed by atoms with Gasteiger partial charge < -0.3 is 9.84 Å². The molecule has 1 aromatic rings. The van der Waals surface area contributed by atoms with Gasteiger partial charge in [0.1, 0.15) is 11.6 Å². The molecule has 6 heteroatoms. The number of ether oxygens (including phenoxy) is 1. The number of carbonyl (C=O) groups is 2. The maximum absolute atomic E-state index is 12.4. The quantitative estimate of drug-likeness (QED) is 0.904. The topological polar surface area (TPSA) is 79.7 Å². The number of carboxylic acid groups (broad SMARTS) is 1. The Hall–Kier alpha value is -2.11. The van der Waals surface area contributed by atoms with Gasteiger partial charge in [-0.25, -0.2) is 9.59 Å². The second-order valence-electron chi connectivity index (χ2n) is 6.49. The Kier molecular flexibility index (Phi) is 5.91. The number of amides is 1. The monoisotopic (exact) mass is 308 g/mol. The fraction of sp³-hybridized carbons (Fsp3) is 0.562. The standard InChI is InChI=1S/C16H24N2O4/c1-11(2)13(14(19)20)18(15(21)22-16(3,4)5)10-12-6-8-17-9-7-12/h6-9,11,13H,10H2,1-5H3,(H,19,20). The number of rotatable bonds is 5. The van der Waals surface area contributed by atoms with E-state index in [1.165, 1.54) is 4.90 Å². The van der Waals surface area contributed by atoms with Gasteiger partial charge in [-0.3, -0.25) is 9.88 Å². The molecule has 0 aliphatic carbocycles. The van der Waals surface area contributed by atoms with Crippen molar-refractivity contribution in [1.82, 2.24) is 9.88 Å². The number of hydrogen-bond donors (Lipinski definition) is 1. The van der Waals surface area contributed by atoms with Crippen LogP contribution in [-0.4, -0.2) is 38.7 Å². The van der Waals surface area contributed by atoms with E-state index in [2.05, 4.69) is 4.98 Å².